The Bertz CT molecular complexity index is 1240. The molecule has 19 heteroatoms. The molecule has 61 heavy (non-hydrogen) atoms. The van der Waals surface area contributed by atoms with Gasteiger partial charge in [-0.25, -0.2) is 9.13 Å². The van der Waals surface area contributed by atoms with Crippen LogP contribution in [0.15, 0.2) is 0 Å². The van der Waals surface area contributed by atoms with Gasteiger partial charge in [-0.2, -0.15) is 0 Å². The second-order valence-corrected chi connectivity index (χ2v) is 18.3. The van der Waals surface area contributed by atoms with Crippen LogP contribution in [-0.2, 0) is 65.4 Å². The van der Waals surface area contributed by atoms with Gasteiger partial charge >= 0.3 is 39.5 Å². The summed E-state index contributed by atoms with van der Waals surface area (Å²) in [6, 6.07) is 0. The van der Waals surface area contributed by atoms with Crippen LogP contribution >= 0.6 is 15.6 Å². The Morgan fingerprint density at radius 1 is 0.393 bits per heavy atom. The number of esters is 4. The van der Waals surface area contributed by atoms with E-state index in [0.29, 0.717) is 25.7 Å². The lowest BCUT2D eigenvalue weighted by Gasteiger charge is -2.21. The van der Waals surface area contributed by atoms with Crippen molar-refractivity contribution < 1.29 is 80.2 Å². The van der Waals surface area contributed by atoms with Gasteiger partial charge < -0.3 is 33.8 Å². The van der Waals surface area contributed by atoms with E-state index in [1.165, 1.54) is 0 Å². The van der Waals surface area contributed by atoms with Crippen molar-refractivity contribution in [3.63, 3.8) is 0 Å². The van der Waals surface area contributed by atoms with E-state index in [4.69, 9.17) is 37.0 Å². The van der Waals surface area contributed by atoms with E-state index in [1.807, 2.05) is 6.92 Å². The number of carbonyl (C=O) groups excluding carboxylic acids is 4. The van der Waals surface area contributed by atoms with E-state index in [1.54, 1.807) is 0 Å². The first-order valence-corrected chi connectivity index (χ1v) is 25.8. The molecule has 360 valence electrons. The Morgan fingerprint density at radius 3 is 1.00 bits per heavy atom. The maximum absolute atomic E-state index is 12.7. The average Bonchev–Trinajstić information content (AvgIpc) is 3.22. The molecule has 0 heterocycles. The molecule has 0 rings (SSSR count). The van der Waals surface area contributed by atoms with Gasteiger partial charge in [-0.3, -0.25) is 37.3 Å². The second kappa shape index (κ2) is 38.5. The third-order valence-electron chi connectivity index (χ3n) is 9.35. The standard InChI is InChI=1S/C42H80O17P2/c1-5-9-13-16-19-23-26-39(44)52-32-37(58-41(46)28-22-12-8-4)34-56-60(48,49)54-30-36(43)31-55-61(50,51)57-35-38(59-42(47)29-25-21-18-15-11-7-3)33-53-40(45)27-24-20-17-14-10-6-2/h36-38,43H,5-35H2,1-4H3,(H,48,49)(H,50,51)/t36-,37-,38-/m1/s1. The van der Waals surface area contributed by atoms with Crippen molar-refractivity contribution in [2.75, 3.05) is 39.6 Å². The molecule has 0 radical (unpaired) electrons. The van der Waals surface area contributed by atoms with Crippen molar-refractivity contribution in [1.82, 2.24) is 0 Å². The van der Waals surface area contributed by atoms with Crippen LogP contribution in [0.4, 0.5) is 0 Å². The molecule has 5 atom stereocenters. The topological polar surface area (TPSA) is 237 Å². The van der Waals surface area contributed by atoms with Crippen molar-refractivity contribution in [2.24, 2.45) is 0 Å². The summed E-state index contributed by atoms with van der Waals surface area (Å²) in [7, 11) is -9.80. The van der Waals surface area contributed by atoms with Crippen LogP contribution in [-0.4, -0.2) is 96.7 Å². The molecule has 0 saturated heterocycles. The number of hydrogen-bond donors (Lipinski definition) is 3. The molecule has 3 N–H and O–H groups in total. The van der Waals surface area contributed by atoms with E-state index in [9.17, 15) is 43.2 Å². The highest BCUT2D eigenvalue weighted by atomic mass is 31.2. The quantitative estimate of drug-likeness (QED) is 0.0223. The van der Waals surface area contributed by atoms with E-state index in [-0.39, 0.29) is 25.7 Å². The molecule has 0 amide bonds. The predicted octanol–water partition coefficient (Wildman–Crippen LogP) is 9.36. The minimum absolute atomic E-state index is 0.0891. The maximum Gasteiger partial charge on any atom is 0.472 e. The first-order valence-electron chi connectivity index (χ1n) is 22.8. The number of phosphoric ester groups is 2. The highest BCUT2D eigenvalue weighted by molar-refractivity contribution is 7.47. The normalized spacial score (nSPS) is 14.9. The van der Waals surface area contributed by atoms with Gasteiger partial charge in [0.1, 0.15) is 19.3 Å². The van der Waals surface area contributed by atoms with Crippen LogP contribution in [0, 0.1) is 0 Å². The van der Waals surface area contributed by atoms with E-state index < -0.39 is 97.5 Å². The minimum atomic E-state index is -4.90. The summed E-state index contributed by atoms with van der Waals surface area (Å²) in [5.41, 5.74) is 0. The molecule has 17 nitrogen and oxygen atoms in total. The van der Waals surface area contributed by atoms with Gasteiger partial charge in [0.05, 0.1) is 26.4 Å². The highest BCUT2D eigenvalue weighted by Gasteiger charge is 2.30. The van der Waals surface area contributed by atoms with Crippen LogP contribution in [0.25, 0.3) is 0 Å². The van der Waals surface area contributed by atoms with Gasteiger partial charge in [-0.15, -0.1) is 0 Å². The fourth-order valence-corrected chi connectivity index (χ4v) is 7.32. The Kier molecular flexibility index (Phi) is 37.3. The lowest BCUT2D eigenvalue weighted by molar-refractivity contribution is -0.161. The summed E-state index contributed by atoms with van der Waals surface area (Å²) in [6.45, 7) is 4.33. The van der Waals surface area contributed by atoms with Gasteiger partial charge in [-0.05, 0) is 25.7 Å². The number of aliphatic hydroxyl groups is 1. The van der Waals surface area contributed by atoms with Crippen molar-refractivity contribution >= 4 is 39.5 Å². The van der Waals surface area contributed by atoms with Gasteiger partial charge in [0.2, 0.25) is 0 Å². The summed E-state index contributed by atoms with van der Waals surface area (Å²) in [5, 5.41) is 10.3. The lowest BCUT2D eigenvalue weighted by Crippen LogP contribution is -2.30. The Balaban J connectivity index is 5.08. The minimum Gasteiger partial charge on any atom is -0.462 e. The summed E-state index contributed by atoms with van der Waals surface area (Å²) < 4.78 is 66.2. The third kappa shape index (κ3) is 38.3. The summed E-state index contributed by atoms with van der Waals surface area (Å²) in [4.78, 5) is 70.1. The third-order valence-corrected chi connectivity index (χ3v) is 11.3. The van der Waals surface area contributed by atoms with E-state index in [2.05, 4.69) is 20.8 Å². The van der Waals surface area contributed by atoms with Crippen LogP contribution in [0.2, 0.25) is 0 Å². The zero-order chi connectivity index (χ0) is 45.6. The number of aliphatic hydroxyl groups excluding tert-OH is 1. The Hall–Kier alpha value is -1.94. The van der Waals surface area contributed by atoms with Crippen molar-refractivity contribution in [3.8, 4) is 0 Å². The zero-order valence-electron chi connectivity index (χ0n) is 37.6. The summed E-state index contributed by atoms with van der Waals surface area (Å²) in [5.74, 6) is -2.21. The molecule has 0 fully saturated rings. The van der Waals surface area contributed by atoms with Crippen LogP contribution in [0.3, 0.4) is 0 Å². The monoisotopic (exact) mass is 918 g/mol. The summed E-state index contributed by atoms with van der Waals surface area (Å²) >= 11 is 0. The van der Waals surface area contributed by atoms with Crippen molar-refractivity contribution in [3.05, 3.63) is 0 Å². The van der Waals surface area contributed by atoms with Gasteiger partial charge in [-0.1, -0.05) is 137 Å². The average molecular weight is 919 g/mol. The SMILES string of the molecule is CCCCCCCCC(=O)OC[C@H](COP(=O)(O)OC[C@@H](O)COP(=O)(O)OC[C@@H](COC(=O)CCCCCCCC)OC(=O)CCCCCCCC)OC(=O)CCCCC. The van der Waals surface area contributed by atoms with Crippen LogP contribution in [0.5, 0.6) is 0 Å². The molecule has 0 aliphatic carbocycles. The summed E-state index contributed by atoms with van der Waals surface area (Å²) in [6.07, 6.45) is 15.9. The van der Waals surface area contributed by atoms with E-state index >= 15 is 0 Å². The number of unbranched alkanes of at least 4 members (excludes halogenated alkanes) is 17. The largest absolute Gasteiger partial charge is 0.472 e. The van der Waals surface area contributed by atoms with Gasteiger partial charge in [0.15, 0.2) is 12.2 Å². The smallest absolute Gasteiger partial charge is 0.462 e. The predicted molar refractivity (Wildman–Crippen MR) is 229 cm³/mol. The number of phosphoric acid groups is 2. The van der Waals surface area contributed by atoms with Crippen LogP contribution < -0.4 is 0 Å². The number of hydrogen-bond acceptors (Lipinski definition) is 15. The van der Waals surface area contributed by atoms with Crippen LogP contribution in [0.1, 0.15) is 188 Å². The Morgan fingerprint density at radius 2 is 0.656 bits per heavy atom. The number of rotatable bonds is 43. The molecule has 0 aliphatic rings. The molecule has 0 aliphatic heterocycles. The zero-order valence-corrected chi connectivity index (χ0v) is 39.4. The highest BCUT2D eigenvalue weighted by Crippen LogP contribution is 2.45. The molecule has 2 unspecified atom stereocenters. The first kappa shape index (κ1) is 59.1. The first-order chi connectivity index (χ1) is 29.2. The number of ether oxygens (including phenoxy) is 4. The van der Waals surface area contributed by atoms with Gasteiger partial charge in [0.25, 0.3) is 0 Å². The second-order valence-electron chi connectivity index (χ2n) is 15.4. The molecule has 0 spiro atoms. The fourth-order valence-electron chi connectivity index (χ4n) is 5.74. The lowest BCUT2D eigenvalue weighted by atomic mass is 10.1. The molecule has 0 aromatic heterocycles. The molecule has 0 aromatic rings. The Labute approximate surface area is 365 Å². The number of carbonyl (C=O) groups is 4. The fraction of sp³-hybridized carbons (Fsp3) is 0.905. The molecule has 0 bridgehead atoms. The molecular weight excluding hydrogens is 838 g/mol. The molecule has 0 saturated carbocycles. The van der Waals surface area contributed by atoms with E-state index in [0.717, 1.165) is 109 Å². The van der Waals surface area contributed by atoms with Crippen molar-refractivity contribution in [1.29, 1.82) is 0 Å². The van der Waals surface area contributed by atoms with Crippen molar-refractivity contribution in [2.45, 2.75) is 207 Å². The molecule has 0 aromatic carbocycles. The molecular formula is C42H80O17P2. The van der Waals surface area contributed by atoms with Gasteiger partial charge in [0, 0.05) is 25.7 Å². The maximum atomic E-state index is 12.7.